The first-order valence-corrected chi connectivity index (χ1v) is 7.59. The van der Waals surface area contributed by atoms with Crippen LogP contribution >= 0.6 is 0 Å². The zero-order valence-electron chi connectivity index (χ0n) is 12.9. The van der Waals surface area contributed by atoms with Gasteiger partial charge in [-0.05, 0) is 56.9 Å². The van der Waals surface area contributed by atoms with E-state index in [1.54, 1.807) is 29.2 Å². The van der Waals surface area contributed by atoms with Crippen LogP contribution in [-0.4, -0.2) is 30.8 Å². The number of hydrogen-bond acceptors (Lipinski definition) is 3. The number of benzene rings is 1. The van der Waals surface area contributed by atoms with Crippen LogP contribution in [0.3, 0.4) is 0 Å². The van der Waals surface area contributed by atoms with E-state index in [4.69, 9.17) is 4.74 Å². The second-order valence-electron chi connectivity index (χ2n) is 6.39. The van der Waals surface area contributed by atoms with Gasteiger partial charge < -0.3 is 15.4 Å². The van der Waals surface area contributed by atoms with E-state index in [2.05, 4.69) is 10.6 Å². The predicted molar refractivity (Wildman–Crippen MR) is 84.1 cm³/mol. The van der Waals surface area contributed by atoms with Gasteiger partial charge in [0.05, 0.1) is 6.54 Å². The summed E-state index contributed by atoms with van der Waals surface area (Å²) in [7, 11) is 0. The van der Waals surface area contributed by atoms with Crippen LogP contribution in [0.15, 0.2) is 24.3 Å². The quantitative estimate of drug-likeness (QED) is 0.898. The maximum Gasteiger partial charge on any atom is 0.414 e. The first kappa shape index (κ1) is 14.7. The number of carbonyl (C=O) groups excluding carboxylic acids is 2. The van der Waals surface area contributed by atoms with Crippen LogP contribution in [0.4, 0.5) is 21.0 Å². The zero-order chi connectivity index (χ0) is 15.7. The fraction of sp³-hybridized carbons (Fsp3) is 0.500. The van der Waals surface area contributed by atoms with Crippen molar-refractivity contribution < 1.29 is 14.3 Å². The number of amides is 3. The minimum Gasteiger partial charge on any atom is -0.447 e. The number of ether oxygens (including phenoxy) is 1. The molecule has 0 radical (unpaired) electrons. The Labute approximate surface area is 129 Å². The average molecular weight is 303 g/mol. The van der Waals surface area contributed by atoms with E-state index < -0.39 is 0 Å². The van der Waals surface area contributed by atoms with E-state index in [1.165, 1.54) is 12.8 Å². The molecule has 0 spiro atoms. The third-order valence-corrected chi connectivity index (χ3v) is 4.23. The highest BCUT2D eigenvalue weighted by Crippen LogP contribution is 2.39. The van der Waals surface area contributed by atoms with Crippen LogP contribution in [0.5, 0.6) is 0 Å². The Kier molecular flexibility index (Phi) is 3.68. The molecule has 0 aromatic heterocycles. The maximum atomic E-state index is 12.0. The van der Waals surface area contributed by atoms with Gasteiger partial charge in [0.15, 0.2) is 0 Å². The molecule has 6 heteroatoms. The Balaban J connectivity index is 1.58. The summed E-state index contributed by atoms with van der Waals surface area (Å²) in [5, 5.41) is 5.83. The minimum atomic E-state index is -0.329. The van der Waals surface area contributed by atoms with Crippen molar-refractivity contribution in [1.29, 1.82) is 0 Å². The van der Waals surface area contributed by atoms with E-state index in [1.807, 2.05) is 13.8 Å². The molecule has 1 aliphatic carbocycles. The summed E-state index contributed by atoms with van der Waals surface area (Å²) < 4.78 is 4.91. The first-order valence-electron chi connectivity index (χ1n) is 7.59. The van der Waals surface area contributed by atoms with Gasteiger partial charge in [-0.3, -0.25) is 4.90 Å². The molecule has 0 atom stereocenters. The van der Waals surface area contributed by atoms with Crippen molar-refractivity contribution in [2.45, 2.75) is 32.2 Å². The van der Waals surface area contributed by atoms with E-state index >= 15 is 0 Å². The van der Waals surface area contributed by atoms with Crippen LogP contribution in [-0.2, 0) is 4.74 Å². The summed E-state index contributed by atoms with van der Waals surface area (Å²) in [6, 6.07) is 6.96. The molecule has 1 saturated carbocycles. The molecule has 22 heavy (non-hydrogen) atoms. The van der Waals surface area contributed by atoms with Gasteiger partial charge in [0.2, 0.25) is 0 Å². The predicted octanol–water partition coefficient (Wildman–Crippen LogP) is 2.95. The molecule has 1 aromatic carbocycles. The Morgan fingerprint density at radius 3 is 2.50 bits per heavy atom. The third-order valence-electron chi connectivity index (χ3n) is 4.23. The number of nitrogens with one attached hydrogen (secondary N) is 2. The second kappa shape index (κ2) is 5.51. The summed E-state index contributed by atoms with van der Waals surface area (Å²) in [4.78, 5) is 25.1. The Hall–Kier alpha value is -2.24. The number of anilines is 2. The number of urea groups is 1. The Bertz CT molecular complexity index is 579. The van der Waals surface area contributed by atoms with E-state index in [9.17, 15) is 9.59 Å². The normalized spacial score (nSPS) is 18.1. The Morgan fingerprint density at radius 2 is 1.95 bits per heavy atom. The number of carbonyl (C=O) groups is 2. The molecule has 6 nitrogen and oxygen atoms in total. The fourth-order valence-corrected chi connectivity index (χ4v) is 2.71. The van der Waals surface area contributed by atoms with E-state index in [0.717, 1.165) is 5.69 Å². The van der Waals surface area contributed by atoms with Crippen molar-refractivity contribution in [1.82, 2.24) is 5.32 Å². The lowest BCUT2D eigenvalue weighted by atomic mass is 9.99. The summed E-state index contributed by atoms with van der Waals surface area (Å²) in [5.41, 5.74) is 1.29. The monoisotopic (exact) mass is 303 g/mol. The molecule has 3 amide bonds. The van der Waals surface area contributed by atoms with Crippen LogP contribution in [0, 0.1) is 5.92 Å². The van der Waals surface area contributed by atoms with Gasteiger partial charge in [-0.1, -0.05) is 0 Å². The van der Waals surface area contributed by atoms with Crippen LogP contribution in [0.25, 0.3) is 0 Å². The van der Waals surface area contributed by atoms with Crippen molar-refractivity contribution >= 4 is 23.5 Å². The van der Waals surface area contributed by atoms with Gasteiger partial charge in [-0.2, -0.15) is 0 Å². The van der Waals surface area contributed by atoms with Crippen molar-refractivity contribution in [2.24, 2.45) is 5.92 Å². The maximum absolute atomic E-state index is 12.0. The third kappa shape index (κ3) is 3.16. The highest BCUT2D eigenvalue weighted by atomic mass is 16.6. The van der Waals surface area contributed by atoms with Crippen molar-refractivity contribution in [3.63, 3.8) is 0 Å². The van der Waals surface area contributed by atoms with Crippen LogP contribution in [0.1, 0.15) is 26.7 Å². The molecule has 0 unspecified atom stereocenters. The molecule has 1 heterocycles. The number of nitrogens with zero attached hydrogens (tertiary/aromatic N) is 1. The number of cyclic esters (lactones) is 1. The van der Waals surface area contributed by atoms with Gasteiger partial charge in [0, 0.05) is 16.9 Å². The van der Waals surface area contributed by atoms with Gasteiger partial charge in [0.1, 0.15) is 6.61 Å². The topological polar surface area (TPSA) is 70.7 Å². The smallest absolute Gasteiger partial charge is 0.414 e. The fourth-order valence-electron chi connectivity index (χ4n) is 2.71. The summed E-state index contributed by atoms with van der Waals surface area (Å²) in [6.45, 7) is 5.07. The lowest BCUT2D eigenvalue weighted by Gasteiger charge is -2.26. The SMILES string of the molecule is CC(C)(NC(=O)Nc1ccc(N2CCOC2=O)cc1)C1CC1. The minimum absolute atomic E-state index is 0.177. The largest absolute Gasteiger partial charge is 0.447 e. The zero-order valence-corrected chi connectivity index (χ0v) is 12.9. The molecule has 3 rings (SSSR count). The van der Waals surface area contributed by atoms with E-state index in [0.29, 0.717) is 24.8 Å². The first-order chi connectivity index (χ1) is 10.5. The molecule has 1 aromatic rings. The van der Waals surface area contributed by atoms with Gasteiger partial charge in [-0.25, -0.2) is 9.59 Å². The molecule has 2 fully saturated rings. The summed E-state index contributed by atoms with van der Waals surface area (Å²) >= 11 is 0. The molecule has 0 bridgehead atoms. The molecule has 2 aliphatic rings. The number of hydrogen-bond donors (Lipinski definition) is 2. The highest BCUT2D eigenvalue weighted by molar-refractivity contribution is 5.92. The molecule has 2 N–H and O–H groups in total. The van der Waals surface area contributed by atoms with Crippen molar-refractivity contribution in [3.8, 4) is 0 Å². The van der Waals surface area contributed by atoms with Crippen molar-refractivity contribution in [3.05, 3.63) is 24.3 Å². The van der Waals surface area contributed by atoms with E-state index in [-0.39, 0.29) is 17.7 Å². The molecule has 1 aliphatic heterocycles. The van der Waals surface area contributed by atoms with Crippen molar-refractivity contribution in [2.75, 3.05) is 23.4 Å². The summed E-state index contributed by atoms with van der Waals surface area (Å²) in [6.07, 6.45) is 2.02. The standard InChI is InChI=1S/C16H21N3O3/c1-16(2,11-3-4-11)18-14(20)17-12-5-7-13(8-6-12)19-9-10-22-15(19)21/h5-8,11H,3-4,9-10H2,1-2H3,(H2,17,18,20). The number of rotatable bonds is 4. The van der Waals surface area contributed by atoms with Gasteiger partial charge in [0.25, 0.3) is 0 Å². The Morgan fingerprint density at radius 1 is 1.27 bits per heavy atom. The van der Waals surface area contributed by atoms with Gasteiger partial charge >= 0.3 is 12.1 Å². The van der Waals surface area contributed by atoms with Crippen LogP contribution in [0.2, 0.25) is 0 Å². The lowest BCUT2D eigenvalue weighted by molar-refractivity contribution is 0.181. The second-order valence-corrected chi connectivity index (χ2v) is 6.39. The average Bonchev–Trinajstić information content (AvgIpc) is 3.23. The lowest BCUT2D eigenvalue weighted by Crippen LogP contribution is -2.47. The van der Waals surface area contributed by atoms with Crippen LogP contribution < -0.4 is 15.5 Å². The van der Waals surface area contributed by atoms with Gasteiger partial charge in [-0.15, -0.1) is 0 Å². The molecular weight excluding hydrogens is 282 g/mol. The molecule has 1 saturated heterocycles. The molecule has 118 valence electrons. The molecular formula is C16H21N3O3. The highest BCUT2D eigenvalue weighted by Gasteiger charge is 2.38. The summed E-state index contributed by atoms with van der Waals surface area (Å²) in [5.74, 6) is 0.571.